The average molecular weight is 317 g/mol. The first-order chi connectivity index (χ1) is 10.6. The van der Waals surface area contributed by atoms with Crippen LogP contribution in [0.1, 0.15) is 0 Å². The number of hydrogen-bond acceptors (Lipinski definition) is 7. The Balaban J connectivity index is 2.26. The SMILES string of the molecule is O=c1n(CCO)c(=O)n(CCOCC2CO2)c(=O)n1CCO. The molecule has 1 saturated heterocycles. The molecular formula is C12H19N3O7. The molecule has 0 bridgehead atoms. The van der Waals surface area contributed by atoms with Gasteiger partial charge in [0.2, 0.25) is 0 Å². The summed E-state index contributed by atoms with van der Waals surface area (Å²) in [6.45, 7) is -0.155. The fraction of sp³-hybridized carbons (Fsp3) is 0.750. The van der Waals surface area contributed by atoms with E-state index in [1.165, 1.54) is 0 Å². The summed E-state index contributed by atoms with van der Waals surface area (Å²) in [6, 6.07) is 0. The van der Waals surface area contributed by atoms with E-state index in [0.717, 1.165) is 13.7 Å². The lowest BCUT2D eigenvalue weighted by Gasteiger charge is -2.12. The van der Waals surface area contributed by atoms with Gasteiger partial charge >= 0.3 is 17.1 Å². The molecule has 0 spiro atoms. The zero-order valence-corrected chi connectivity index (χ0v) is 12.0. The highest BCUT2D eigenvalue weighted by atomic mass is 16.6. The number of rotatable bonds is 9. The highest BCUT2D eigenvalue weighted by molar-refractivity contribution is 4.79. The summed E-state index contributed by atoms with van der Waals surface area (Å²) in [6.07, 6.45) is 0.0751. The van der Waals surface area contributed by atoms with Gasteiger partial charge in [0.05, 0.1) is 52.7 Å². The van der Waals surface area contributed by atoms with Crippen LogP contribution in [-0.4, -0.2) is 63.1 Å². The predicted octanol–water partition coefficient (Wildman–Crippen LogP) is -3.43. The van der Waals surface area contributed by atoms with E-state index in [4.69, 9.17) is 19.7 Å². The molecule has 0 saturated carbocycles. The van der Waals surface area contributed by atoms with Crippen molar-refractivity contribution in [3.63, 3.8) is 0 Å². The number of aliphatic hydroxyl groups excluding tert-OH is 2. The van der Waals surface area contributed by atoms with E-state index in [1.807, 2.05) is 0 Å². The Hall–Kier alpha value is -1.75. The first-order valence-electron chi connectivity index (χ1n) is 6.95. The Kier molecular flexibility index (Phi) is 5.66. The molecule has 1 fully saturated rings. The van der Waals surface area contributed by atoms with Gasteiger partial charge < -0.3 is 19.7 Å². The van der Waals surface area contributed by atoms with Gasteiger partial charge in [0, 0.05) is 0 Å². The van der Waals surface area contributed by atoms with Crippen molar-refractivity contribution >= 4 is 0 Å². The van der Waals surface area contributed by atoms with Gasteiger partial charge in [-0.25, -0.2) is 28.1 Å². The van der Waals surface area contributed by atoms with Crippen LogP contribution in [0, 0.1) is 0 Å². The van der Waals surface area contributed by atoms with Gasteiger partial charge in [-0.05, 0) is 0 Å². The second-order valence-electron chi connectivity index (χ2n) is 4.78. The number of aliphatic hydroxyl groups is 2. The van der Waals surface area contributed by atoms with Gasteiger partial charge in [-0.1, -0.05) is 0 Å². The molecule has 22 heavy (non-hydrogen) atoms. The lowest BCUT2D eigenvalue weighted by molar-refractivity contribution is 0.107. The smallest absolute Gasteiger partial charge is 0.336 e. The lowest BCUT2D eigenvalue weighted by Crippen LogP contribution is -2.55. The van der Waals surface area contributed by atoms with E-state index in [2.05, 4.69) is 0 Å². The summed E-state index contributed by atoms with van der Waals surface area (Å²) in [5.74, 6) is 0. The number of ether oxygens (including phenoxy) is 2. The van der Waals surface area contributed by atoms with Crippen LogP contribution in [0.5, 0.6) is 0 Å². The average Bonchev–Trinajstić information content (AvgIpc) is 3.31. The van der Waals surface area contributed by atoms with Crippen molar-refractivity contribution in [3.05, 3.63) is 31.5 Å². The van der Waals surface area contributed by atoms with E-state index < -0.39 is 30.3 Å². The van der Waals surface area contributed by atoms with Crippen molar-refractivity contribution in [2.45, 2.75) is 25.7 Å². The Bertz CT molecular complexity index is 627. The third kappa shape index (κ3) is 3.71. The monoisotopic (exact) mass is 317 g/mol. The summed E-state index contributed by atoms with van der Waals surface area (Å²) in [5, 5.41) is 17.9. The van der Waals surface area contributed by atoms with E-state index in [9.17, 15) is 14.4 Å². The van der Waals surface area contributed by atoms with E-state index >= 15 is 0 Å². The van der Waals surface area contributed by atoms with Crippen molar-refractivity contribution in [1.82, 2.24) is 13.7 Å². The summed E-state index contributed by atoms with van der Waals surface area (Å²) in [7, 11) is 0. The van der Waals surface area contributed by atoms with Gasteiger partial charge in [0.1, 0.15) is 6.10 Å². The highest BCUT2D eigenvalue weighted by Gasteiger charge is 2.22. The molecule has 2 rings (SSSR count). The third-order valence-electron chi connectivity index (χ3n) is 3.20. The maximum Gasteiger partial charge on any atom is 0.336 e. The van der Waals surface area contributed by atoms with Gasteiger partial charge in [0.15, 0.2) is 0 Å². The maximum atomic E-state index is 12.2. The van der Waals surface area contributed by atoms with Crippen LogP contribution in [0.2, 0.25) is 0 Å². The summed E-state index contributed by atoms with van der Waals surface area (Å²) < 4.78 is 12.6. The molecule has 2 N–H and O–H groups in total. The molecule has 0 amide bonds. The van der Waals surface area contributed by atoms with Crippen molar-refractivity contribution in [3.8, 4) is 0 Å². The minimum Gasteiger partial charge on any atom is -0.395 e. The van der Waals surface area contributed by atoms with Crippen molar-refractivity contribution in [1.29, 1.82) is 0 Å². The molecule has 1 atom stereocenters. The molecule has 10 nitrogen and oxygen atoms in total. The van der Waals surface area contributed by atoms with Crippen LogP contribution in [0.4, 0.5) is 0 Å². The second kappa shape index (κ2) is 7.49. The second-order valence-corrected chi connectivity index (χ2v) is 4.78. The van der Waals surface area contributed by atoms with Gasteiger partial charge in [0.25, 0.3) is 0 Å². The predicted molar refractivity (Wildman–Crippen MR) is 74.0 cm³/mol. The largest absolute Gasteiger partial charge is 0.395 e. The van der Waals surface area contributed by atoms with Crippen LogP contribution in [0.3, 0.4) is 0 Å². The van der Waals surface area contributed by atoms with Crippen molar-refractivity contribution in [2.24, 2.45) is 0 Å². The number of aromatic nitrogens is 3. The van der Waals surface area contributed by atoms with Crippen molar-refractivity contribution in [2.75, 3.05) is 33.0 Å². The first-order valence-corrected chi connectivity index (χ1v) is 6.95. The Labute approximate surface area is 124 Å². The lowest BCUT2D eigenvalue weighted by atomic mass is 10.5. The molecule has 0 aliphatic carbocycles. The molecule has 0 aromatic carbocycles. The Morgan fingerprint density at radius 3 is 1.82 bits per heavy atom. The van der Waals surface area contributed by atoms with Gasteiger partial charge in [-0.3, -0.25) is 0 Å². The van der Waals surface area contributed by atoms with Crippen LogP contribution in [0.25, 0.3) is 0 Å². The quantitative estimate of drug-likeness (QED) is 0.358. The maximum absolute atomic E-state index is 12.2. The van der Waals surface area contributed by atoms with E-state index in [1.54, 1.807) is 0 Å². The van der Waals surface area contributed by atoms with Crippen LogP contribution >= 0.6 is 0 Å². The zero-order chi connectivity index (χ0) is 16.1. The van der Waals surface area contributed by atoms with E-state index in [-0.39, 0.29) is 32.3 Å². The summed E-state index contributed by atoms with van der Waals surface area (Å²) in [5.41, 5.74) is -2.45. The Morgan fingerprint density at radius 1 is 0.955 bits per heavy atom. The first kappa shape index (κ1) is 16.6. The standard InChI is InChI=1S/C12H19N3O7/c16-4-1-13-10(18)14(2-5-17)12(20)15(11(13)19)3-6-21-7-9-8-22-9/h9,16-17H,1-8H2. The molecular weight excluding hydrogens is 298 g/mol. The van der Waals surface area contributed by atoms with Crippen LogP contribution in [-0.2, 0) is 29.1 Å². The number of nitrogens with zero attached hydrogens (tertiary/aromatic N) is 3. The third-order valence-corrected chi connectivity index (χ3v) is 3.20. The van der Waals surface area contributed by atoms with Crippen molar-refractivity contribution < 1.29 is 19.7 Å². The number of epoxide rings is 1. The molecule has 1 unspecified atom stereocenters. The highest BCUT2D eigenvalue weighted by Crippen LogP contribution is 2.07. The van der Waals surface area contributed by atoms with Gasteiger partial charge in [-0.15, -0.1) is 0 Å². The molecule has 0 radical (unpaired) electrons. The molecule has 1 aliphatic heterocycles. The molecule has 1 aliphatic rings. The topological polar surface area (TPSA) is 128 Å². The van der Waals surface area contributed by atoms with Crippen LogP contribution < -0.4 is 17.1 Å². The summed E-state index contributed by atoms with van der Waals surface area (Å²) >= 11 is 0. The fourth-order valence-electron chi connectivity index (χ4n) is 1.99. The minimum atomic E-state index is -0.846. The number of hydrogen-bond donors (Lipinski definition) is 2. The van der Waals surface area contributed by atoms with Gasteiger partial charge in [-0.2, -0.15) is 0 Å². The Morgan fingerprint density at radius 2 is 1.41 bits per heavy atom. The fourth-order valence-corrected chi connectivity index (χ4v) is 1.99. The minimum absolute atomic E-state index is 0.0263. The normalized spacial score (nSPS) is 16.9. The molecule has 10 heteroatoms. The van der Waals surface area contributed by atoms with Crippen LogP contribution in [0.15, 0.2) is 14.4 Å². The zero-order valence-electron chi connectivity index (χ0n) is 12.0. The summed E-state index contributed by atoms with van der Waals surface area (Å²) in [4.78, 5) is 36.3. The molecule has 2 heterocycles. The molecule has 124 valence electrons. The van der Waals surface area contributed by atoms with E-state index in [0.29, 0.717) is 13.2 Å². The molecule has 1 aromatic heterocycles. The molecule has 1 aromatic rings.